The Morgan fingerprint density at radius 3 is 3.00 bits per heavy atom. The number of thiazole rings is 1. The molecule has 9 nitrogen and oxygen atoms in total. The third kappa shape index (κ3) is 4.97. The maximum absolute atomic E-state index is 13.2. The van der Waals surface area contributed by atoms with Crippen molar-refractivity contribution in [3.8, 4) is 0 Å². The van der Waals surface area contributed by atoms with Crippen molar-refractivity contribution in [1.29, 1.82) is 0 Å². The van der Waals surface area contributed by atoms with E-state index in [1.54, 1.807) is 24.6 Å². The molecule has 0 aliphatic carbocycles. The number of carbonyl (C=O) groups is 2. The summed E-state index contributed by atoms with van der Waals surface area (Å²) >= 11 is 2.69. The fourth-order valence-corrected chi connectivity index (χ4v) is 4.70. The molecule has 0 saturated heterocycles. The number of carbonyl (C=O) groups excluding carboxylic acids is 2. The van der Waals surface area contributed by atoms with E-state index in [0.717, 1.165) is 5.75 Å². The van der Waals surface area contributed by atoms with E-state index >= 15 is 0 Å². The molecule has 3 aromatic rings. The van der Waals surface area contributed by atoms with Crippen LogP contribution in [0.3, 0.4) is 0 Å². The molecule has 0 radical (unpaired) electrons. The number of nitrogens with one attached hydrogen (secondary N) is 2. The lowest BCUT2D eigenvalue weighted by Crippen LogP contribution is -2.34. The maximum atomic E-state index is 13.2. The van der Waals surface area contributed by atoms with Crippen molar-refractivity contribution in [2.75, 3.05) is 18.1 Å². The van der Waals surface area contributed by atoms with Crippen LogP contribution < -0.4 is 16.2 Å². The van der Waals surface area contributed by atoms with Gasteiger partial charge in [0.1, 0.15) is 11.4 Å². The standard InChI is InChI=1S/C20H19FN6O3S2/c1-26(16(28)15-9-23-20-27(17(15)29)5-6-31-20)10-14-11-32-19(24-14)25-18(30)22-8-12-3-2-4-13(21)7-12/h2-4,7,9,11H,5-6,8,10H2,1H3,(H2,22,24,25,30). The fourth-order valence-electron chi connectivity index (χ4n) is 3.09. The summed E-state index contributed by atoms with van der Waals surface area (Å²) in [5, 5.41) is 7.94. The summed E-state index contributed by atoms with van der Waals surface area (Å²) in [6.07, 6.45) is 1.32. The first kappa shape index (κ1) is 22.0. The molecule has 2 N–H and O–H groups in total. The first-order valence-electron chi connectivity index (χ1n) is 9.62. The van der Waals surface area contributed by atoms with Crippen molar-refractivity contribution in [3.63, 3.8) is 0 Å². The first-order chi connectivity index (χ1) is 15.4. The third-order valence-electron chi connectivity index (χ3n) is 4.65. The van der Waals surface area contributed by atoms with Crippen LogP contribution in [0.1, 0.15) is 21.6 Å². The van der Waals surface area contributed by atoms with Crippen molar-refractivity contribution in [1.82, 2.24) is 24.8 Å². The van der Waals surface area contributed by atoms with Gasteiger partial charge in [-0.05, 0) is 17.7 Å². The molecule has 166 valence electrons. The smallest absolute Gasteiger partial charge is 0.321 e. The summed E-state index contributed by atoms with van der Waals surface area (Å²) in [6, 6.07) is 5.48. The lowest BCUT2D eigenvalue weighted by molar-refractivity contribution is 0.0780. The zero-order valence-electron chi connectivity index (χ0n) is 17.0. The number of halogens is 1. The maximum Gasteiger partial charge on any atom is 0.321 e. The van der Waals surface area contributed by atoms with E-state index < -0.39 is 11.9 Å². The minimum atomic E-state index is -0.477. The van der Waals surface area contributed by atoms with Crippen molar-refractivity contribution in [3.05, 3.63) is 68.8 Å². The molecule has 4 rings (SSSR count). The predicted molar refractivity (Wildman–Crippen MR) is 119 cm³/mol. The van der Waals surface area contributed by atoms with E-state index in [-0.39, 0.29) is 30.0 Å². The fraction of sp³-hybridized carbons (Fsp3) is 0.250. The molecule has 1 aliphatic heterocycles. The van der Waals surface area contributed by atoms with Gasteiger partial charge in [0.15, 0.2) is 10.3 Å². The van der Waals surface area contributed by atoms with Crippen molar-refractivity contribution in [2.45, 2.75) is 24.8 Å². The van der Waals surface area contributed by atoms with Gasteiger partial charge in [-0.2, -0.15) is 0 Å². The SMILES string of the molecule is CN(Cc1csc(NC(=O)NCc2cccc(F)c2)n1)C(=O)c1cnc2n(c1=O)CCS2. The zero-order valence-corrected chi connectivity index (χ0v) is 18.6. The minimum absolute atomic E-state index is 0.0176. The summed E-state index contributed by atoms with van der Waals surface area (Å²) < 4.78 is 14.7. The van der Waals surface area contributed by atoms with E-state index in [2.05, 4.69) is 20.6 Å². The summed E-state index contributed by atoms with van der Waals surface area (Å²) in [6.45, 7) is 0.874. The Morgan fingerprint density at radius 1 is 1.34 bits per heavy atom. The highest BCUT2D eigenvalue weighted by Crippen LogP contribution is 2.21. The van der Waals surface area contributed by atoms with Crippen LogP contribution >= 0.6 is 23.1 Å². The van der Waals surface area contributed by atoms with Gasteiger partial charge in [0, 0.05) is 37.5 Å². The molecule has 0 atom stereocenters. The van der Waals surface area contributed by atoms with Crippen LogP contribution in [0.25, 0.3) is 0 Å². The van der Waals surface area contributed by atoms with Gasteiger partial charge in [0.2, 0.25) is 0 Å². The Bertz CT molecular complexity index is 1230. The summed E-state index contributed by atoms with van der Waals surface area (Å²) in [4.78, 5) is 47.2. The molecule has 12 heteroatoms. The highest BCUT2D eigenvalue weighted by Gasteiger charge is 2.22. The average molecular weight is 475 g/mol. The molecule has 3 amide bonds. The Morgan fingerprint density at radius 2 is 2.19 bits per heavy atom. The molecule has 0 bridgehead atoms. The topological polar surface area (TPSA) is 109 Å². The molecule has 32 heavy (non-hydrogen) atoms. The molecule has 1 aliphatic rings. The molecule has 0 fully saturated rings. The Labute approximate surface area is 190 Å². The van der Waals surface area contributed by atoms with Gasteiger partial charge in [-0.25, -0.2) is 19.2 Å². The highest BCUT2D eigenvalue weighted by molar-refractivity contribution is 7.99. The average Bonchev–Trinajstić information content (AvgIpc) is 3.42. The first-order valence-corrected chi connectivity index (χ1v) is 11.5. The monoisotopic (exact) mass is 474 g/mol. The van der Waals surface area contributed by atoms with E-state index in [9.17, 15) is 18.8 Å². The van der Waals surface area contributed by atoms with Crippen LogP contribution in [0, 0.1) is 5.82 Å². The molecule has 0 saturated carbocycles. The number of aromatic nitrogens is 3. The van der Waals surface area contributed by atoms with Gasteiger partial charge in [0.05, 0.1) is 12.2 Å². The van der Waals surface area contributed by atoms with Crippen LogP contribution in [0.15, 0.2) is 45.8 Å². The Hall–Kier alpha value is -3.25. The van der Waals surface area contributed by atoms with Gasteiger partial charge >= 0.3 is 6.03 Å². The number of nitrogens with zero attached hydrogens (tertiary/aromatic N) is 4. The van der Waals surface area contributed by atoms with E-state index in [4.69, 9.17) is 0 Å². The van der Waals surface area contributed by atoms with Crippen LogP contribution in [0.4, 0.5) is 14.3 Å². The van der Waals surface area contributed by atoms with Crippen molar-refractivity contribution in [2.24, 2.45) is 0 Å². The van der Waals surface area contributed by atoms with Gasteiger partial charge < -0.3 is 10.2 Å². The summed E-state index contributed by atoms with van der Waals surface area (Å²) in [7, 11) is 1.58. The lowest BCUT2D eigenvalue weighted by Gasteiger charge is -2.16. The molecular weight excluding hydrogens is 455 g/mol. The predicted octanol–water partition coefficient (Wildman–Crippen LogP) is 2.54. The van der Waals surface area contributed by atoms with E-state index in [0.29, 0.717) is 28.1 Å². The highest BCUT2D eigenvalue weighted by atomic mass is 32.2. The lowest BCUT2D eigenvalue weighted by atomic mass is 10.2. The van der Waals surface area contributed by atoms with Crippen molar-refractivity contribution >= 4 is 40.2 Å². The number of benzene rings is 1. The van der Waals surface area contributed by atoms with E-state index in [1.165, 1.54) is 50.9 Å². The normalized spacial score (nSPS) is 12.3. The van der Waals surface area contributed by atoms with Crippen LogP contribution in [0.2, 0.25) is 0 Å². The zero-order chi connectivity index (χ0) is 22.7. The van der Waals surface area contributed by atoms with E-state index in [1.807, 2.05) is 0 Å². The Kier molecular flexibility index (Phi) is 6.51. The largest absolute Gasteiger partial charge is 0.336 e. The molecule has 0 unspecified atom stereocenters. The van der Waals surface area contributed by atoms with Gasteiger partial charge in [0.25, 0.3) is 11.5 Å². The number of fused-ring (bicyclic) bond motifs is 1. The van der Waals surface area contributed by atoms with Crippen LogP contribution in [0.5, 0.6) is 0 Å². The van der Waals surface area contributed by atoms with Crippen LogP contribution in [-0.2, 0) is 19.6 Å². The minimum Gasteiger partial charge on any atom is -0.336 e. The Balaban J connectivity index is 1.33. The molecular formula is C20H19FN6O3S2. The van der Waals surface area contributed by atoms with Gasteiger partial charge in [-0.1, -0.05) is 23.9 Å². The summed E-state index contributed by atoms with van der Waals surface area (Å²) in [5.74, 6) is -0.0459. The number of amides is 3. The number of thioether (sulfide) groups is 1. The second-order valence-electron chi connectivity index (χ2n) is 7.00. The van der Waals surface area contributed by atoms with Crippen molar-refractivity contribution < 1.29 is 14.0 Å². The third-order valence-corrected chi connectivity index (χ3v) is 6.42. The van der Waals surface area contributed by atoms with Crippen LogP contribution in [-0.4, -0.2) is 44.2 Å². The number of hydrogen-bond acceptors (Lipinski definition) is 7. The molecule has 2 aromatic heterocycles. The van der Waals surface area contributed by atoms with Gasteiger partial charge in [-0.3, -0.25) is 19.5 Å². The second-order valence-corrected chi connectivity index (χ2v) is 8.92. The quantitative estimate of drug-likeness (QED) is 0.532. The number of urea groups is 1. The summed E-state index contributed by atoms with van der Waals surface area (Å²) in [5.41, 5.74) is 0.878. The number of rotatable bonds is 6. The number of anilines is 1. The molecule has 1 aromatic carbocycles. The van der Waals surface area contributed by atoms with Gasteiger partial charge in [-0.15, -0.1) is 11.3 Å². The molecule has 3 heterocycles. The number of hydrogen-bond donors (Lipinski definition) is 2. The molecule has 0 spiro atoms. The second kappa shape index (κ2) is 9.49.